The Balaban J connectivity index is 2.45. The number of hydrogen-bond donors (Lipinski definition) is 2. The molecule has 1 amide bonds. The van der Waals surface area contributed by atoms with Crippen LogP contribution in [0.1, 0.15) is 38.1 Å². The van der Waals surface area contributed by atoms with E-state index in [1.807, 2.05) is 19.9 Å². The van der Waals surface area contributed by atoms with Crippen LogP contribution in [0.4, 0.5) is 0 Å². The monoisotopic (exact) mass is 281 g/mol. The average molecular weight is 281 g/mol. The van der Waals surface area contributed by atoms with Crippen LogP contribution in [0.25, 0.3) is 0 Å². The summed E-state index contributed by atoms with van der Waals surface area (Å²) >= 11 is 0. The Morgan fingerprint density at radius 2 is 2.10 bits per heavy atom. The predicted molar refractivity (Wildman–Crippen MR) is 75.4 cm³/mol. The number of amides is 1. The number of hydrogen-bond acceptors (Lipinski definition) is 3. The van der Waals surface area contributed by atoms with Gasteiger partial charge in [-0.1, -0.05) is 6.92 Å². The van der Waals surface area contributed by atoms with Gasteiger partial charge in [0, 0.05) is 25.2 Å². The van der Waals surface area contributed by atoms with Gasteiger partial charge in [-0.15, -0.1) is 0 Å². The molecule has 20 heavy (non-hydrogen) atoms. The molecule has 2 N–H and O–H groups in total. The fourth-order valence-corrected chi connectivity index (χ4v) is 1.84. The normalized spacial score (nSPS) is 13.8. The smallest absolute Gasteiger partial charge is 0.311 e. The summed E-state index contributed by atoms with van der Waals surface area (Å²) in [6, 6.07) is 1.95. The van der Waals surface area contributed by atoms with Crippen molar-refractivity contribution in [2.24, 2.45) is 5.41 Å². The van der Waals surface area contributed by atoms with Gasteiger partial charge in [0.05, 0.1) is 11.1 Å². The van der Waals surface area contributed by atoms with Crippen molar-refractivity contribution in [1.29, 1.82) is 0 Å². The van der Waals surface area contributed by atoms with E-state index in [2.05, 4.69) is 10.4 Å². The van der Waals surface area contributed by atoms with E-state index in [1.165, 1.54) is 0 Å². The van der Waals surface area contributed by atoms with Crippen LogP contribution in [0.3, 0.4) is 0 Å². The van der Waals surface area contributed by atoms with Crippen molar-refractivity contribution in [2.45, 2.75) is 47.1 Å². The molecule has 1 atom stereocenters. The quantitative estimate of drug-likeness (QED) is 0.793. The molecule has 0 aliphatic carbocycles. The summed E-state index contributed by atoms with van der Waals surface area (Å²) in [5, 5.41) is 16.1. The molecule has 0 radical (unpaired) electrons. The molecule has 1 aromatic rings. The molecule has 6 nitrogen and oxygen atoms in total. The lowest BCUT2D eigenvalue weighted by molar-refractivity contribution is -0.148. The lowest BCUT2D eigenvalue weighted by Crippen LogP contribution is -2.40. The molecule has 1 unspecified atom stereocenters. The van der Waals surface area contributed by atoms with Gasteiger partial charge in [-0.2, -0.15) is 5.10 Å². The summed E-state index contributed by atoms with van der Waals surface area (Å²) in [4.78, 5) is 22.9. The zero-order valence-corrected chi connectivity index (χ0v) is 12.6. The first-order valence-corrected chi connectivity index (χ1v) is 6.79. The molecule has 0 aliphatic rings. The number of rotatable bonds is 7. The molecule has 1 aromatic heterocycles. The van der Waals surface area contributed by atoms with Crippen molar-refractivity contribution in [2.75, 3.05) is 6.54 Å². The SMILES string of the molecule is CCC(C)(CNC(=O)CCn1nc(C)cc1C)C(=O)O. The van der Waals surface area contributed by atoms with Crippen molar-refractivity contribution in [3.05, 3.63) is 17.5 Å². The maximum atomic E-state index is 11.8. The van der Waals surface area contributed by atoms with Gasteiger partial charge in [0.25, 0.3) is 0 Å². The molecule has 0 saturated heterocycles. The maximum Gasteiger partial charge on any atom is 0.311 e. The molecule has 1 heterocycles. The van der Waals surface area contributed by atoms with E-state index in [9.17, 15) is 9.59 Å². The highest BCUT2D eigenvalue weighted by Crippen LogP contribution is 2.19. The van der Waals surface area contributed by atoms with Gasteiger partial charge in [-0.25, -0.2) is 0 Å². The van der Waals surface area contributed by atoms with Crippen molar-refractivity contribution < 1.29 is 14.7 Å². The summed E-state index contributed by atoms with van der Waals surface area (Å²) in [5.74, 6) is -1.04. The second-order valence-electron chi connectivity index (χ2n) is 5.40. The third-order valence-electron chi connectivity index (χ3n) is 3.63. The number of carboxylic acids is 1. The second-order valence-corrected chi connectivity index (χ2v) is 5.40. The number of aromatic nitrogens is 2. The molecule has 112 valence electrons. The first kappa shape index (κ1) is 16.2. The van der Waals surface area contributed by atoms with E-state index in [4.69, 9.17) is 5.11 Å². The fourth-order valence-electron chi connectivity index (χ4n) is 1.84. The van der Waals surface area contributed by atoms with Crippen LogP contribution in [-0.4, -0.2) is 33.3 Å². The van der Waals surface area contributed by atoms with E-state index in [0.29, 0.717) is 19.4 Å². The molecule has 0 aliphatic heterocycles. The van der Waals surface area contributed by atoms with Gasteiger partial charge in [-0.05, 0) is 33.3 Å². The minimum Gasteiger partial charge on any atom is -0.481 e. The molecular formula is C14H23N3O3. The lowest BCUT2D eigenvalue weighted by atomic mass is 9.88. The summed E-state index contributed by atoms with van der Waals surface area (Å²) < 4.78 is 1.78. The molecule has 0 saturated carbocycles. The fraction of sp³-hybridized carbons (Fsp3) is 0.643. The molecule has 0 fully saturated rings. The number of aryl methyl sites for hydroxylation is 3. The van der Waals surface area contributed by atoms with Crippen LogP contribution in [0.15, 0.2) is 6.07 Å². The van der Waals surface area contributed by atoms with Crippen LogP contribution in [0, 0.1) is 19.3 Å². The van der Waals surface area contributed by atoms with Crippen molar-refractivity contribution >= 4 is 11.9 Å². The van der Waals surface area contributed by atoms with E-state index < -0.39 is 11.4 Å². The number of nitrogens with zero attached hydrogens (tertiary/aromatic N) is 2. The van der Waals surface area contributed by atoms with E-state index >= 15 is 0 Å². The largest absolute Gasteiger partial charge is 0.481 e. The third kappa shape index (κ3) is 4.08. The Morgan fingerprint density at radius 1 is 1.45 bits per heavy atom. The Kier molecular flexibility index (Phi) is 5.30. The molecule has 6 heteroatoms. The highest BCUT2D eigenvalue weighted by Gasteiger charge is 2.31. The first-order chi connectivity index (χ1) is 9.28. The third-order valence-corrected chi connectivity index (χ3v) is 3.63. The van der Waals surface area contributed by atoms with Gasteiger partial charge in [0.2, 0.25) is 5.91 Å². The van der Waals surface area contributed by atoms with Crippen LogP contribution >= 0.6 is 0 Å². The van der Waals surface area contributed by atoms with Crippen LogP contribution < -0.4 is 5.32 Å². The van der Waals surface area contributed by atoms with Gasteiger partial charge in [0.15, 0.2) is 0 Å². The van der Waals surface area contributed by atoms with Crippen molar-refractivity contribution in [3.63, 3.8) is 0 Å². The van der Waals surface area contributed by atoms with Crippen LogP contribution in [0.5, 0.6) is 0 Å². The first-order valence-electron chi connectivity index (χ1n) is 6.79. The zero-order chi connectivity index (χ0) is 15.3. The number of carbonyl (C=O) groups excluding carboxylic acids is 1. The summed E-state index contributed by atoms with van der Waals surface area (Å²) in [7, 11) is 0. The minimum atomic E-state index is -0.909. The number of aliphatic carboxylic acids is 1. The van der Waals surface area contributed by atoms with Gasteiger partial charge >= 0.3 is 5.97 Å². The lowest BCUT2D eigenvalue weighted by Gasteiger charge is -2.23. The highest BCUT2D eigenvalue weighted by atomic mass is 16.4. The molecule has 0 bridgehead atoms. The Labute approximate surface area is 119 Å². The van der Waals surface area contributed by atoms with Crippen molar-refractivity contribution in [1.82, 2.24) is 15.1 Å². The van der Waals surface area contributed by atoms with Gasteiger partial charge in [-0.3, -0.25) is 14.3 Å². The minimum absolute atomic E-state index is 0.148. The molecule has 1 rings (SSSR count). The van der Waals surface area contributed by atoms with Crippen LogP contribution in [0.2, 0.25) is 0 Å². The molecular weight excluding hydrogens is 258 g/mol. The Bertz CT molecular complexity index is 496. The molecule has 0 spiro atoms. The highest BCUT2D eigenvalue weighted by molar-refractivity contribution is 5.78. The summed E-state index contributed by atoms with van der Waals surface area (Å²) in [6.07, 6.45) is 0.765. The summed E-state index contributed by atoms with van der Waals surface area (Å²) in [6.45, 7) is 7.93. The number of carboxylic acid groups (broad SMARTS) is 1. The predicted octanol–water partition coefficient (Wildman–Crippen LogP) is 1.51. The topological polar surface area (TPSA) is 84.2 Å². The van der Waals surface area contributed by atoms with E-state index in [1.54, 1.807) is 18.5 Å². The number of carbonyl (C=O) groups is 2. The van der Waals surface area contributed by atoms with Crippen LogP contribution in [-0.2, 0) is 16.1 Å². The Morgan fingerprint density at radius 3 is 2.55 bits per heavy atom. The summed E-state index contributed by atoms with van der Waals surface area (Å²) in [5.41, 5.74) is 1.03. The van der Waals surface area contributed by atoms with Gasteiger partial charge in [0.1, 0.15) is 0 Å². The van der Waals surface area contributed by atoms with E-state index in [-0.39, 0.29) is 12.5 Å². The van der Waals surface area contributed by atoms with E-state index in [0.717, 1.165) is 11.4 Å². The van der Waals surface area contributed by atoms with Crippen molar-refractivity contribution in [3.8, 4) is 0 Å². The Hall–Kier alpha value is -1.85. The zero-order valence-electron chi connectivity index (χ0n) is 12.6. The van der Waals surface area contributed by atoms with Gasteiger partial charge < -0.3 is 10.4 Å². The molecule has 0 aromatic carbocycles. The standard InChI is InChI=1S/C14H23N3O3/c1-5-14(4,13(19)20)9-15-12(18)6-7-17-11(3)8-10(2)16-17/h8H,5-7,9H2,1-4H3,(H,15,18)(H,19,20). The number of nitrogens with one attached hydrogen (secondary N) is 1. The maximum absolute atomic E-state index is 11.8. The second kappa shape index (κ2) is 6.54. The average Bonchev–Trinajstić information content (AvgIpc) is 2.71.